The molecule has 0 saturated carbocycles. The number of likely N-dealkylation sites (tertiary alicyclic amines) is 1. The van der Waals surface area contributed by atoms with Gasteiger partial charge in [-0.25, -0.2) is 0 Å². The fraction of sp³-hybridized carbons (Fsp3) is 0.474. The van der Waals surface area contributed by atoms with Crippen molar-refractivity contribution in [3.8, 4) is 5.75 Å². The van der Waals surface area contributed by atoms with Crippen LogP contribution in [0.5, 0.6) is 5.75 Å². The highest BCUT2D eigenvalue weighted by molar-refractivity contribution is 7.10. The fourth-order valence-corrected chi connectivity index (χ4v) is 4.07. The Kier molecular flexibility index (Phi) is 6.11. The lowest BCUT2D eigenvalue weighted by Crippen LogP contribution is -2.44. The maximum absolute atomic E-state index is 12.6. The standard InChI is InChI=1S/C19H26N4O2S/c1-13-17(19(20-2)26-22-13)18(24)21-15-7-9-23(10-8-15)12-14-5-4-6-16(11-14)25-3/h4-6,11,15,20H,7-10,12H2,1-3H3,(H,21,24). The van der Waals surface area contributed by atoms with Crippen LogP contribution in [0.25, 0.3) is 0 Å². The van der Waals surface area contributed by atoms with Gasteiger partial charge in [-0.05, 0) is 49.0 Å². The smallest absolute Gasteiger partial charge is 0.256 e. The number of benzene rings is 1. The average Bonchev–Trinajstić information content (AvgIpc) is 3.04. The largest absolute Gasteiger partial charge is 0.497 e. The molecule has 1 aromatic heterocycles. The van der Waals surface area contributed by atoms with Crippen LogP contribution in [-0.4, -0.2) is 48.5 Å². The first-order valence-corrected chi connectivity index (χ1v) is 9.68. The second-order valence-electron chi connectivity index (χ2n) is 6.60. The summed E-state index contributed by atoms with van der Waals surface area (Å²) < 4.78 is 9.57. The maximum Gasteiger partial charge on any atom is 0.256 e. The predicted molar refractivity (Wildman–Crippen MR) is 105 cm³/mol. The van der Waals surface area contributed by atoms with Gasteiger partial charge in [0.2, 0.25) is 0 Å². The van der Waals surface area contributed by atoms with Crippen LogP contribution in [0.1, 0.15) is 34.5 Å². The number of ether oxygens (including phenoxy) is 1. The SMILES string of the molecule is CNc1snc(C)c1C(=O)NC1CCN(Cc2cccc(OC)c2)CC1. The number of aromatic nitrogens is 1. The van der Waals surface area contributed by atoms with Crippen molar-refractivity contribution in [1.29, 1.82) is 0 Å². The lowest BCUT2D eigenvalue weighted by molar-refractivity contribution is 0.0909. The number of methoxy groups -OCH3 is 1. The van der Waals surface area contributed by atoms with Gasteiger partial charge in [-0.1, -0.05) is 12.1 Å². The summed E-state index contributed by atoms with van der Waals surface area (Å²) in [5.74, 6) is 0.872. The van der Waals surface area contributed by atoms with Gasteiger partial charge in [0, 0.05) is 32.7 Å². The molecule has 3 rings (SSSR count). The zero-order valence-electron chi connectivity index (χ0n) is 15.5. The van der Waals surface area contributed by atoms with Gasteiger partial charge in [0.05, 0.1) is 18.4 Å². The molecule has 140 valence electrons. The predicted octanol–water partition coefficient (Wildman–Crippen LogP) is 2.90. The van der Waals surface area contributed by atoms with E-state index in [4.69, 9.17) is 4.74 Å². The minimum absolute atomic E-state index is 0.0214. The van der Waals surface area contributed by atoms with E-state index < -0.39 is 0 Å². The van der Waals surface area contributed by atoms with E-state index in [-0.39, 0.29) is 11.9 Å². The van der Waals surface area contributed by atoms with Crippen molar-refractivity contribution in [1.82, 2.24) is 14.6 Å². The van der Waals surface area contributed by atoms with Crippen LogP contribution in [0.15, 0.2) is 24.3 Å². The Hall–Kier alpha value is -2.12. The lowest BCUT2D eigenvalue weighted by atomic mass is 10.0. The second-order valence-corrected chi connectivity index (χ2v) is 7.37. The zero-order chi connectivity index (χ0) is 18.5. The number of nitrogens with one attached hydrogen (secondary N) is 2. The van der Waals surface area contributed by atoms with Crippen LogP contribution in [0, 0.1) is 6.92 Å². The highest BCUT2D eigenvalue weighted by atomic mass is 32.1. The molecule has 2 heterocycles. The summed E-state index contributed by atoms with van der Waals surface area (Å²) in [6.07, 6.45) is 1.92. The number of hydrogen-bond donors (Lipinski definition) is 2. The number of rotatable bonds is 6. The van der Waals surface area contributed by atoms with Crippen molar-refractivity contribution < 1.29 is 9.53 Å². The summed E-state index contributed by atoms with van der Waals surface area (Å²) in [7, 11) is 3.51. The lowest BCUT2D eigenvalue weighted by Gasteiger charge is -2.32. The van der Waals surface area contributed by atoms with Gasteiger partial charge in [0.15, 0.2) is 0 Å². The molecule has 1 saturated heterocycles. The van der Waals surface area contributed by atoms with Crippen molar-refractivity contribution in [3.63, 3.8) is 0 Å². The third-order valence-corrected chi connectivity index (χ3v) is 5.74. The Balaban J connectivity index is 1.52. The quantitative estimate of drug-likeness (QED) is 0.814. The van der Waals surface area contributed by atoms with Crippen LogP contribution in [0.4, 0.5) is 5.00 Å². The van der Waals surface area contributed by atoms with Crippen molar-refractivity contribution >= 4 is 22.4 Å². The Morgan fingerprint density at radius 3 is 2.85 bits per heavy atom. The normalized spacial score (nSPS) is 15.7. The maximum atomic E-state index is 12.6. The Morgan fingerprint density at radius 2 is 2.15 bits per heavy atom. The molecule has 0 unspecified atom stereocenters. The molecule has 2 N–H and O–H groups in total. The monoisotopic (exact) mass is 374 g/mol. The Labute approximate surface area is 158 Å². The van der Waals surface area contributed by atoms with Crippen molar-refractivity contribution in [2.75, 3.05) is 32.6 Å². The third-order valence-electron chi connectivity index (χ3n) is 4.78. The second kappa shape index (κ2) is 8.51. The zero-order valence-corrected chi connectivity index (χ0v) is 16.4. The van der Waals surface area contributed by atoms with Crippen molar-refractivity contribution in [2.24, 2.45) is 0 Å². The van der Waals surface area contributed by atoms with E-state index in [0.29, 0.717) is 5.56 Å². The van der Waals surface area contributed by atoms with E-state index in [1.165, 1.54) is 17.1 Å². The minimum atomic E-state index is -0.0214. The molecule has 7 heteroatoms. The van der Waals surface area contributed by atoms with Crippen LogP contribution < -0.4 is 15.4 Å². The molecular formula is C19H26N4O2S. The van der Waals surface area contributed by atoms with Gasteiger partial charge >= 0.3 is 0 Å². The topological polar surface area (TPSA) is 66.5 Å². The van der Waals surface area contributed by atoms with Crippen molar-refractivity contribution in [2.45, 2.75) is 32.4 Å². The highest BCUT2D eigenvalue weighted by Crippen LogP contribution is 2.24. The number of aryl methyl sites for hydroxylation is 1. The number of nitrogens with zero attached hydrogens (tertiary/aromatic N) is 2. The van der Waals surface area contributed by atoms with E-state index in [1.54, 1.807) is 7.11 Å². The first-order chi connectivity index (χ1) is 12.6. The minimum Gasteiger partial charge on any atom is -0.497 e. The van der Waals surface area contributed by atoms with Crippen molar-refractivity contribution in [3.05, 3.63) is 41.1 Å². The first kappa shape index (κ1) is 18.7. The molecule has 0 atom stereocenters. The van der Waals surface area contributed by atoms with Gasteiger partial charge in [-0.2, -0.15) is 4.37 Å². The van der Waals surface area contributed by atoms with E-state index >= 15 is 0 Å². The number of carbonyl (C=O) groups is 1. The molecule has 1 fully saturated rings. The van der Waals surface area contributed by atoms with Gasteiger partial charge in [-0.3, -0.25) is 9.69 Å². The number of anilines is 1. The van der Waals surface area contributed by atoms with Gasteiger partial charge < -0.3 is 15.4 Å². The highest BCUT2D eigenvalue weighted by Gasteiger charge is 2.24. The van der Waals surface area contributed by atoms with Crippen LogP contribution in [0.3, 0.4) is 0 Å². The van der Waals surface area contributed by atoms with Gasteiger partial charge in [0.25, 0.3) is 5.91 Å². The molecule has 2 aromatic rings. The van der Waals surface area contributed by atoms with Crippen LogP contribution >= 0.6 is 11.5 Å². The molecule has 0 aliphatic carbocycles. The molecule has 26 heavy (non-hydrogen) atoms. The van der Waals surface area contributed by atoms with E-state index in [9.17, 15) is 4.79 Å². The van der Waals surface area contributed by atoms with E-state index in [2.05, 4.69) is 32.0 Å². The average molecular weight is 375 g/mol. The van der Waals surface area contributed by atoms with E-state index in [1.807, 2.05) is 26.1 Å². The molecular weight excluding hydrogens is 348 g/mol. The van der Waals surface area contributed by atoms with E-state index in [0.717, 1.165) is 48.9 Å². The third kappa shape index (κ3) is 4.34. The Bertz CT molecular complexity index is 754. The van der Waals surface area contributed by atoms with Gasteiger partial charge in [-0.15, -0.1) is 0 Å². The first-order valence-electron chi connectivity index (χ1n) is 8.91. The Morgan fingerprint density at radius 1 is 1.38 bits per heavy atom. The molecule has 1 aromatic carbocycles. The number of amides is 1. The molecule has 1 amide bonds. The van der Waals surface area contributed by atoms with Crippen LogP contribution in [-0.2, 0) is 6.54 Å². The van der Waals surface area contributed by atoms with Gasteiger partial charge in [0.1, 0.15) is 10.8 Å². The molecule has 0 spiro atoms. The summed E-state index contributed by atoms with van der Waals surface area (Å²) >= 11 is 1.33. The number of carbonyl (C=O) groups excluding carboxylic acids is 1. The molecule has 6 nitrogen and oxygen atoms in total. The molecule has 0 radical (unpaired) electrons. The molecule has 1 aliphatic rings. The summed E-state index contributed by atoms with van der Waals surface area (Å²) in [6.45, 7) is 4.74. The number of hydrogen-bond acceptors (Lipinski definition) is 6. The van der Waals surface area contributed by atoms with Crippen LogP contribution in [0.2, 0.25) is 0 Å². The summed E-state index contributed by atoms with van der Waals surface area (Å²) in [5.41, 5.74) is 2.72. The summed E-state index contributed by atoms with van der Waals surface area (Å²) in [4.78, 5) is 15.0. The fourth-order valence-electron chi connectivity index (χ4n) is 3.33. The molecule has 0 bridgehead atoms. The molecule has 1 aliphatic heterocycles. The number of piperidine rings is 1. The summed E-state index contributed by atoms with van der Waals surface area (Å²) in [6, 6.07) is 8.42. The summed E-state index contributed by atoms with van der Waals surface area (Å²) in [5, 5.41) is 7.06.